The molecule has 0 aliphatic carbocycles. The number of para-hydroxylation sites is 1. The second-order valence-corrected chi connectivity index (χ2v) is 4.36. The van der Waals surface area contributed by atoms with Gasteiger partial charge in [0.1, 0.15) is 16.7 Å². The minimum Gasteiger partial charge on any atom is -0.245 e. The molecule has 0 aliphatic heterocycles. The lowest BCUT2D eigenvalue weighted by Crippen LogP contribution is -1.88. The molecule has 90 valence electrons. The van der Waals surface area contributed by atoms with Crippen LogP contribution in [0.15, 0.2) is 54.6 Å². The molecule has 4 heteroatoms. The Morgan fingerprint density at radius 3 is 2.37 bits per heavy atom. The van der Waals surface area contributed by atoms with Crippen LogP contribution in [0.25, 0.3) is 33.2 Å². The number of pyridine rings is 1. The van der Waals surface area contributed by atoms with Crippen LogP contribution in [0.5, 0.6) is 0 Å². The molecule has 0 radical (unpaired) electrons. The van der Waals surface area contributed by atoms with Crippen molar-refractivity contribution >= 4 is 21.9 Å². The highest BCUT2D eigenvalue weighted by Gasteiger charge is 2.12. The zero-order chi connectivity index (χ0) is 12.7. The van der Waals surface area contributed by atoms with E-state index in [1.54, 1.807) is 0 Å². The Bertz CT molecular complexity index is 865. The zero-order valence-corrected chi connectivity index (χ0v) is 10.0. The number of benzene rings is 2. The molecule has 4 aromatic rings. The summed E-state index contributed by atoms with van der Waals surface area (Å²) in [5.41, 5.74) is 4.52. The maximum atomic E-state index is 4.72. The quantitative estimate of drug-likeness (QED) is 0.561. The van der Waals surface area contributed by atoms with Gasteiger partial charge in [-0.05, 0) is 6.07 Å². The molecule has 0 unspecified atom stereocenters. The summed E-state index contributed by atoms with van der Waals surface area (Å²) in [7, 11) is 0. The lowest BCUT2D eigenvalue weighted by molar-refractivity contribution is 0.960. The Balaban J connectivity index is 2.17. The summed E-state index contributed by atoms with van der Waals surface area (Å²) in [6.07, 6.45) is 0. The Morgan fingerprint density at radius 2 is 1.47 bits per heavy atom. The molecule has 19 heavy (non-hydrogen) atoms. The molecule has 2 aromatic heterocycles. The van der Waals surface area contributed by atoms with Crippen LogP contribution in [-0.4, -0.2) is 20.4 Å². The van der Waals surface area contributed by atoms with E-state index in [4.69, 9.17) is 4.98 Å². The number of nitrogens with one attached hydrogen (secondary N) is 1. The Morgan fingerprint density at radius 1 is 0.737 bits per heavy atom. The summed E-state index contributed by atoms with van der Waals surface area (Å²) in [6.45, 7) is 0. The molecule has 0 saturated carbocycles. The van der Waals surface area contributed by atoms with Crippen LogP contribution in [0.1, 0.15) is 0 Å². The molecule has 0 atom stereocenters. The van der Waals surface area contributed by atoms with Crippen molar-refractivity contribution in [3.63, 3.8) is 0 Å². The minimum atomic E-state index is 0.810. The Labute approximate surface area is 109 Å². The molecule has 2 aromatic carbocycles. The number of fused-ring (bicyclic) bond motifs is 3. The van der Waals surface area contributed by atoms with Gasteiger partial charge in [-0.3, -0.25) is 0 Å². The van der Waals surface area contributed by atoms with E-state index >= 15 is 0 Å². The van der Waals surface area contributed by atoms with Crippen molar-refractivity contribution in [3.05, 3.63) is 54.6 Å². The largest absolute Gasteiger partial charge is 0.245 e. The second kappa shape index (κ2) is 3.88. The predicted molar refractivity (Wildman–Crippen MR) is 74.6 cm³/mol. The van der Waals surface area contributed by atoms with E-state index in [9.17, 15) is 0 Å². The van der Waals surface area contributed by atoms with Gasteiger partial charge in [-0.15, -0.1) is 0 Å². The highest BCUT2D eigenvalue weighted by molar-refractivity contribution is 6.06. The molecule has 2 heterocycles. The first-order valence-corrected chi connectivity index (χ1v) is 6.08. The second-order valence-electron chi connectivity index (χ2n) is 4.36. The molecule has 4 nitrogen and oxygen atoms in total. The first kappa shape index (κ1) is 10.2. The average molecular weight is 246 g/mol. The van der Waals surface area contributed by atoms with Gasteiger partial charge < -0.3 is 0 Å². The first-order valence-electron chi connectivity index (χ1n) is 6.08. The van der Waals surface area contributed by atoms with Gasteiger partial charge in [0.2, 0.25) is 0 Å². The summed E-state index contributed by atoms with van der Waals surface area (Å²) < 4.78 is 0. The van der Waals surface area contributed by atoms with Crippen molar-refractivity contribution in [3.8, 4) is 11.3 Å². The summed E-state index contributed by atoms with van der Waals surface area (Å²) in [6, 6.07) is 18.0. The van der Waals surface area contributed by atoms with E-state index in [1.165, 1.54) is 0 Å². The van der Waals surface area contributed by atoms with E-state index < -0.39 is 0 Å². The lowest BCUT2D eigenvalue weighted by Gasteiger charge is -2.04. The molecular weight excluding hydrogens is 236 g/mol. The number of nitrogens with zero attached hydrogens (tertiary/aromatic N) is 3. The smallest absolute Gasteiger partial charge is 0.139 e. The summed E-state index contributed by atoms with van der Waals surface area (Å²) in [4.78, 5) is 4.72. The molecule has 0 saturated heterocycles. The summed E-state index contributed by atoms with van der Waals surface area (Å²) in [5, 5.41) is 12.2. The van der Waals surface area contributed by atoms with Gasteiger partial charge in [-0.2, -0.15) is 15.4 Å². The van der Waals surface area contributed by atoms with E-state index in [1.807, 2.05) is 54.6 Å². The van der Waals surface area contributed by atoms with Crippen LogP contribution in [0.4, 0.5) is 0 Å². The van der Waals surface area contributed by atoms with Gasteiger partial charge in [0.15, 0.2) is 0 Å². The topological polar surface area (TPSA) is 54.5 Å². The molecule has 0 fully saturated rings. The third-order valence-corrected chi connectivity index (χ3v) is 3.21. The third kappa shape index (κ3) is 1.50. The highest BCUT2D eigenvalue weighted by Crippen LogP contribution is 2.29. The van der Waals surface area contributed by atoms with E-state index in [0.717, 1.165) is 33.2 Å². The van der Waals surface area contributed by atoms with Crippen molar-refractivity contribution in [2.45, 2.75) is 0 Å². The molecule has 0 aliphatic rings. The number of hydrogen-bond acceptors (Lipinski definition) is 3. The summed E-state index contributed by atoms with van der Waals surface area (Å²) >= 11 is 0. The van der Waals surface area contributed by atoms with Gasteiger partial charge >= 0.3 is 0 Å². The normalized spacial score (nSPS) is 11.2. The van der Waals surface area contributed by atoms with Crippen molar-refractivity contribution < 1.29 is 0 Å². The molecule has 1 N–H and O–H groups in total. The molecule has 0 amide bonds. The fraction of sp³-hybridized carbons (Fsp3) is 0. The standard InChI is InChI=1S/C15H10N4/c1-2-6-10(7-3-1)13-15-14(17-19-18-15)11-8-4-5-9-12(11)16-13/h1-9H,(H,17,18,19). The molecule has 0 spiro atoms. The number of hydrogen-bond donors (Lipinski definition) is 1. The average Bonchev–Trinajstić information content (AvgIpc) is 2.97. The van der Waals surface area contributed by atoms with E-state index in [-0.39, 0.29) is 0 Å². The van der Waals surface area contributed by atoms with Crippen LogP contribution in [0, 0.1) is 0 Å². The molecule has 0 bridgehead atoms. The van der Waals surface area contributed by atoms with Gasteiger partial charge in [-0.25, -0.2) is 4.98 Å². The van der Waals surface area contributed by atoms with Crippen LogP contribution in [-0.2, 0) is 0 Å². The van der Waals surface area contributed by atoms with Crippen LogP contribution in [0.2, 0.25) is 0 Å². The number of aromatic amines is 1. The van der Waals surface area contributed by atoms with Crippen LogP contribution < -0.4 is 0 Å². The van der Waals surface area contributed by atoms with Crippen molar-refractivity contribution in [1.82, 2.24) is 20.4 Å². The van der Waals surface area contributed by atoms with Gasteiger partial charge in [0.05, 0.1) is 5.52 Å². The van der Waals surface area contributed by atoms with Gasteiger partial charge in [0, 0.05) is 10.9 Å². The SMILES string of the molecule is c1ccc(-c2nc3ccccc3c3n[nH]nc23)cc1. The first-order chi connectivity index (χ1) is 9.43. The predicted octanol–water partition coefficient (Wildman–Crippen LogP) is 3.17. The lowest BCUT2D eigenvalue weighted by atomic mass is 10.1. The Kier molecular flexibility index (Phi) is 2.08. The number of aromatic nitrogens is 4. The summed E-state index contributed by atoms with van der Waals surface area (Å²) in [5.74, 6) is 0. The monoisotopic (exact) mass is 246 g/mol. The van der Waals surface area contributed by atoms with Crippen molar-refractivity contribution in [1.29, 1.82) is 0 Å². The highest BCUT2D eigenvalue weighted by atomic mass is 15.3. The number of H-pyrrole nitrogens is 1. The van der Waals surface area contributed by atoms with Crippen LogP contribution in [0.3, 0.4) is 0 Å². The minimum absolute atomic E-state index is 0.810. The van der Waals surface area contributed by atoms with E-state index in [2.05, 4.69) is 15.4 Å². The van der Waals surface area contributed by atoms with Crippen molar-refractivity contribution in [2.24, 2.45) is 0 Å². The third-order valence-electron chi connectivity index (χ3n) is 3.21. The maximum Gasteiger partial charge on any atom is 0.139 e. The van der Waals surface area contributed by atoms with Crippen molar-refractivity contribution in [2.75, 3.05) is 0 Å². The zero-order valence-electron chi connectivity index (χ0n) is 10.0. The van der Waals surface area contributed by atoms with Gasteiger partial charge in [-0.1, -0.05) is 48.5 Å². The van der Waals surface area contributed by atoms with Gasteiger partial charge in [0.25, 0.3) is 0 Å². The molecule has 4 rings (SSSR count). The fourth-order valence-corrected chi connectivity index (χ4v) is 2.33. The Hall–Kier alpha value is -2.75. The fourth-order valence-electron chi connectivity index (χ4n) is 2.33. The maximum absolute atomic E-state index is 4.72. The number of rotatable bonds is 1. The van der Waals surface area contributed by atoms with Crippen LogP contribution >= 0.6 is 0 Å². The van der Waals surface area contributed by atoms with E-state index in [0.29, 0.717) is 0 Å². The molecular formula is C15H10N4.